The Morgan fingerprint density at radius 3 is 2.57 bits per heavy atom. The topological polar surface area (TPSA) is 41.1 Å². The molecule has 1 amide bonds. The summed E-state index contributed by atoms with van der Waals surface area (Å²) in [5, 5.41) is 6.17. The number of carbonyl (C=O) groups is 1. The second-order valence-corrected chi connectivity index (χ2v) is 7.32. The summed E-state index contributed by atoms with van der Waals surface area (Å²) in [6.45, 7) is 6.21. The van der Waals surface area contributed by atoms with Crippen molar-refractivity contribution < 1.29 is 4.79 Å². The van der Waals surface area contributed by atoms with Crippen molar-refractivity contribution in [2.24, 2.45) is 0 Å². The Kier molecular flexibility index (Phi) is 6.12. The molecule has 2 N–H and O–H groups in total. The van der Waals surface area contributed by atoms with Gasteiger partial charge in [0.2, 0.25) is 0 Å². The first-order chi connectivity index (χ1) is 10.9. The summed E-state index contributed by atoms with van der Waals surface area (Å²) in [4.78, 5) is 12.2. The molecule has 3 nitrogen and oxygen atoms in total. The zero-order valence-electron chi connectivity index (χ0n) is 13.3. The lowest BCUT2D eigenvalue weighted by Gasteiger charge is -2.16. The zero-order valence-corrected chi connectivity index (χ0v) is 16.3. The molecule has 0 saturated carbocycles. The van der Waals surface area contributed by atoms with E-state index in [4.69, 9.17) is 12.2 Å². The fraction of sp³-hybridized carbons (Fsp3) is 0.222. The van der Waals surface area contributed by atoms with Gasteiger partial charge in [0.15, 0.2) is 5.11 Å². The number of amides is 1. The lowest BCUT2D eigenvalue weighted by atomic mass is 10.0. The molecular weight excluding hydrogens is 419 g/mol. The fourth-order valence-corrected chi connectivity index (χ4v) is 2.96. The summed E-state index contributed by atoms with van der Waals surface area (Å²) in [5.74, 6) is 0.158. The Labute approximate surface area is 156 Å². The number of aryl methyl sites for hydroxylation is 1. The summed E-state index contributed by atoms with van der Waals surface area (Å²) < 4.78 is 1.17. The molecular formula is C18H19IN2OS. The van der Waals surface area contributed by atoms with Crippen LogP contribution >= 0.6 is 34.8 Å². The smallest absolute Gasteiger partial charge is 0.257 e. The molecule has 0 aromatic heterocycles. The third kappa shape index (κ3) is 5.00. The molecule has 0 atom stereocenters. The maximum atomic E-state index is 12.2. The van der Waals surface area contributed by atoms with Crippen LogP contribution in [0.2, 0.25) is 0 Å². The van der Waals surface area contributed by atoms with Gasteiger partial charge < -0.3 is 5.32 Å². The van der Waals surface area contributed by atoms with Gasteiger partial charge in [0.25, 0.3) is 5.91 Å². The minimum absolute atomic E-state index is 0.206. The number of rotatable bonds is 3. The molecule has 23 heavy (non-hydrogen) atoms. The summed E-state index contributed by atoms with van der Waals surface area (Å²) >= 11 is 7.57. The van der Waals surface area contributed by atoms with Crippen molar-refractivity contribution in [3.8, 4) is 0 Å². The largest absolute Gasteiger partial charge is 0.332 e. The monoisotopic (exact) mass is 438 g/mol. The molecule has 0 spiro atoms. The van der Waals surface area contributed by atoms with Gasteiger partial charge in [0.1, 0.15) is 0 Å². The normalized spacial score (nSPS) is 10.5. The third-order valence-corrected chi connectivity index (χ3v) is 4.27. The highest BCUT2D eigenvalue weighted by Crippen LogP contribution is 2.26. The van der Waals surface area contributed by atoms with Crippen LogP contribution in [0.1, 0.15) is 41.3 Å². The molecule has 2 aromatic carbocycles. The van der Waals surface area contributed by atoms with E-state index < -0.39 is 0 Å². The minimum atomic E-state index is -0.206. The van der Waals surface area contributed by atoms with Crippen LogP contribution in [0, 0.1) is 10.5 Å². The van der Waals surface area contributed by atoms with E-state index in [0.29, 0.717) is 16.6 Å². The molecule has 0 saturated heterocycles. The van der Waals surface area contributed by atoms with E-state index in [1.807, 2.05) is 37.3 Å². The van der Waals surface area contributed by atoms with E-state index in [2.05, 4.69) is 53.1 Å². The van der Waals surface area contributed by atoms with Crippen LogP contribution in [0.15, 0.2) is 42.5 Å². The molecule has 0 aliphatic rings. The highest BCUT2D eigenvalue weighted by molar-refractivity contribution is 14.1. The molecule has 0 aliphatic heterocycles. The van der Waals surface area contributed by atoms with Crippen LogP contribution in [0.4, 0.5) is 5.69 Å². The molecule has 0 heterocycles. The van der Waals surface area contributed by atoms with Gasteiger partial charge in [-0.1, -0.05) is 31.5 Å². The SMILES string of the molecule is Cc1cccc(C(=O)NC(=S)Nc2ccc(I)cc2C(C)C)c1. The van der Waals surface area contributed by atoms with Crippen molar-refractivity contribution >= 4 is 51.5 Å². The highest BCUT2D eigenvalue weighted by atomic mass is 127. The molecule has 0 radical (unpaired) electrons. The number of hydrogen-bond acceptors (Lipinski definition) is 2. The van der Waals surface area contributed by atoms with Crippen LogP contribution in [0.25, 0.3) is 0 Å². The van der Waals surface area contributed by atoms with Crippen molar-refractivity contribution in [2.45, 2.75) is 26.7 Å². The van der Waals surface area contributed by atoms with Gasteiger partial charge >= 0.3 is 0 Å². The van der Waals surface area contributed by atoms with Crippen LogP contribution in [0.5, 0.6) is 0 Å². The standard InChI is InChI=1S/C18H19IN2OS/c1-11(2)15-10-14(19)7-8-16(15)20-18(23)21-17(22)13-6-4-5-12(3)9-13/h4-11H,1-3H3,(H2,20,21,22,23). The molecule has 0 aliphatic carbocycles. The van der Waals surface area contributed by atoms with Gasteiger partial charge in [0.05, 0.1) is 0 Å². The Morgan fingerprint density at radius 2 is 1.91 bits per heavy atom. The molecule has 2 aromatic rings. The average Bonchev–Trinajstić information content (AvgIpc) is 2.48. The van der Waals surface area contributed by atoms with Crippen molar-refractivity contribution in [1.29, 1.82) is 0 Å². The van der Waals surface area contributed by atoms with E-state index in [1.165, 1.54) is 9.13 Å². The van der Waals surface area contributed by atoms with Gasteiger partial charge in [0, 0.05) is 14.8 Å². The summed E-state index contributed by atoms with van der Waals surface area (Å²) in [7, 11) is 0. The highest BCUT2D eigenvalue weighted by Gasteiger charge is 2.11. The molecule has 0 fully saturated rings. The fourth-order valence-electron chi connectivity index (χ4n) is 2.24. The first-order valence-corrected chi connectivity index (χ1v) is 8.84. The predicted molar refractivity (Wildman–Crippen MR) is 108 cm³/mol. The number of halogens is 1. The van der Waals surface area contributed by atoms with Gasteiger partial charge in [-0.05, 0) is 83.5 Å². The van der Waals surface area contributed by atoms with Gasteiger partial charge in [-0.3, -0.25) is 10.1 Å². The van der Waals surface area contributed by atoms with Crippen molar-refractivity contribution in [3.05, 3.63) is 62.7 Å². The van der Waals surface area contributed by atoms with Crippen LogP contribution < -0.4 is 10.6 Å². The van der Waals surface area contributed by atoms with Gasteiger partial charge in [-0.2, -0.15) is 0 Å². The van der Waals surface area contributed by atoms with Crippen molar-refractivity contribution in [2.75, 3.05) is 5.32 Å². The van der Waals surface area contributed by atoms with E-state index in [0.717, 1.165) is 11.3 Å². The lowest BCUT2D eigenvalue weighted by molar-refractivity contribution is 0.0977. The second-order valence-electron chi connectivity index (χ2n) is 5.66. The number of nitrogens with one attached hydrogen (secondary N) is 2. The molecule has 2 rings (SSSR count). The van der Waals surface area contributed by atoms with Crippen molar-refractivity contribution in [3.63, 3.8) is 0 Å². The number of benzene rings is 2. The van der Waals surface area contributed by atoms with E-state index in [1.54, 1.807) is 6.07 Å². The van der Waals surface area contributed by atoms with Gasteiger partial charge in [-0.15, -0.1) is 0 Å². The second kappa shape index (κ2) is 7.88. The average molecular weight is 438 g/mol. The minimum Gasteiger partial charge on any atom is -0.332 e. The number of anilines is 1. The van der Waals surface area contributed by atoms with E-state index in [-0.39, 0.29) is 5.91 Å². The maximum absolute atomic E-state index is 12.2. The lowest BCUT2D eigenvalue weighted by Crippen LogP contribution is -2.34. The van der Waals surface area contributed by atoms with Crippen LogP contribution in [-0.4, -0.2) is 11.0 Å². The summed E-state index contributed by atoms with van der Waals surface area (Å²) in [6.07, 6.45) is 0. The molecule has 0 bridgehead atoms. The van der Waals surface area contributed by atoms with Crippen LogP contribution in [-0.2, 0) is 0 Å². The Balaban J connectivity index is 2.09. The maximum Gasteiger partial charge on any atom is 0.257 e. The number of carbonyl (C=O) groups excluding carboxylic acids is 1. The van der Waals surface area contributed by atoms with E-state index in [9.17, 15) is 4.79 Å². The predicted octanol–water partition coefficient (Wildman–Crippen LogP) is 4.85. The summed E-state index contributed by atoms with van der Waals surface area (Å²) in [5.41, 5.74) is 3.73. The van der Waals surface area contributed by atoms with Crippen molar-refractivity contribution in [1.82, 2.24) is 5.32 Å². The quantitative estimate of drug-likeness (QED) is 0.532. The van der Waals surface area contributed by atoms with Crippen LogP contribution in [0.3, 0.4) is 0 Å². The Bertz CT molecular complexity index is 744. The zero-order chi connectivity index (χ0) is 17.0. The Hall–Kier alpha value is -1.47. The first-order valence-electron chi connectivity index (χ1n) is 7.35. The number of thiocarbonyl (C=S) groups is 1. The molecule has 5 heteroatoms. The van der Waals surface area contributed by atoms with Gasteiger partial charge in [-0.25, -0.2) is 0 Å². The summed E-state index contributed by atoms with van der Waals surface area (Å²) in [6, 6.07) is 13.5. The first kappa shape index (κ1) is 17.9. The number of hydrogen-bond donors (Lipinski definition) is 2. The molecule has 120 valence electrons. The Morgan fingerprint density at radius 1 is 1.17 bits per heavy atom. The molecule has 0 unspecified atom stereocenters. The third-order valence-electron chi connectivity index (χ3n) is 3.39. The van der Waals surface area contributed by atoms with E-state index >= 15 is 0 Å².